The number of carbonyl (C=O) groups excluding carboxylic acids is 1. The van der Waals surface area contributed by atoms with Crippen molar-refractivity contribution in [2.75, 3.05) is 38.7 Å². The van der Waals surface area contributed by atoms with E-state index < -0.39 is 0 Å². The minimum Gasteiger partial charge on any atom is -0.507 e. The number of aryl methyl sites for hydroxylation is 1. The average Bonchev–Trinajstić information content (AvgIpc) is 2.75. The number of hydrogen-bond donors (Lipinski definition) is 2. The summed E-state index contributed by atoms with van der Waals surface area (Å²) in [5.74, 6) is 1.31. The molecule has 0 aliphatic carbocycles. The van der Waals surface area contributed by atoms with Crippen LogP contribution in [0.3, 0.4) is 0 Å². The number of hydrogen-bond acceptors (Lipinski definition) is 8. The predicted octanol–water partition coefficient (Wildman–Crippen LogP) is 3.39. The van der Waals surface area contributed by atoms with Crippen molar-refractivity contribution in [3.63, 3.8) is 0 Å². The minimum absolute atomic E-state index is 0.114. The molecular weight excluding hydrogens is 396 g/mol. The Morgan fingerprint density at radius 2 is 2.16 bits per heavy atom. The lowest BCUT2D eigenvalue weighted by atomic mass is 10.0. The normalized spacial score (nSPS) is 16.7. The third-order valence-electron chi connectivity index (χ3n) is 5.46. The van der Waals surface area contributed by atoms with Gasteiger partial charge in [0.05, 0.1) is 19.4 Å². The molecule has 1 aliphatic heterocycles. The number of carbonyl (C=O) groups is 1. The molecular formula is C23H32N4O4. The summed E-state index contributed by atoms with van der Waals surface area (Å²) >= 11 is 0. The summed E-state index contributed by atoms with van der Waals surface area (Å²) < 4.78 is 10.1. The summed E-state index contributed by atoms with van der Waals surface area (Å²) in [5, 5.41) is 22.5. The van der Waals surface area contributed by atoms with Gasteiger partial charge in [0.25, 0.3) is 0 Å². The lowest BCUT2D eigenvalue weighted by Gasteiger charge is -2.33. The number of nitrogens with one attached hydrogen (secondary N) is 1. The zero-order chi connectivity index (χ0) is 22.2. The summed E-state index contributed by atoms with van der Waals surface area (Å²) in [6.07, 6.45) is 3.44. The van der Waals surface area contributed by atoms with Crippen LogP contribution in [-0.2, 0) is 9.53 Å². The molecule has 0 radical (unpaired) electrons. The molecule has 8 heteroatoms. The van der Waals surface area contributed by atoms with Crippen LogP contribution in [-0.4, -0.2) is 65.6 Å². The predicted molar refractivity (Wildman–Crippen MR) is 119 cm³/mol. The van der Waals surface area contributed by atoms with Crippen LogP contribution in [0.15, 0.2) is 24.3 Å². The molecule has 8 nitrogen and oxygen atoms in total. The number of likely N-dealkylation sites (tertiary alicyclic amines) is 1. The van der Waals surface area contributed by atoms with E-state index >= 15 is 0 Å². The number of phenols is 1. The van der Waals surface area contributed by atoms with Gasteiger partial charge in [0.1, 0.15) is 17.3 Å². The smallest absolute Gasteiger partial charge is 0.305 e. The Morgan fingerprint density at radius 1 is 1.32 bits per heavy atom. The molecule has 0 spiro atoms. The maximum Gasteiger partial charge on any atom is 0.305 e. The number of esters is 1. The zero-order valence-electron chi connectivity index (χ0n) is 18.6. The van der Waals surface area contributed by atoms with Gasteiger partial charge in [0, 0.05) is 30.6 Å². The molecule has 2 heterocycles. The van der Waals surface area contributed by atoms with Gasteiger partial charge in [-0.05, 0) is 70.0 Å². The van der Waals surface area contributed by atoms with Gasteiger partial charge in [-0.1, -0.05) is 0 Å². The van der Waals surface area contributed by atoms with Gasteiger partial charge in [0.2, 0.25) is 0 Å². The summed E-state index contributed by atoms with van der Waals surface area (Å²) in [6.45, 7) is 7.06. The van der Waals surface area contributed by atoms with E-state index in [0.29, 0.717) is 30.0 Å². The van der Waals surface area contributed by atoms with E-state index in [-0.39, 0.29) is 17.8 Å². The van der Waals surface area contributed by atoms with Crippen LogP contribution in [0.5, 0.6) is 11.5 Å². The van der Waals surface area contributed by atoms with Crippen molar-refractivity contribution in [2.24, 2.45) is 0 Å². The number of nitrogens with zero attached hydrogens (tertiary/aromatic N) is 3. The van der Waals surface area contributed by atoms with E-state index in [4.69, 9.17) is 9.47 Å². The highest BCUT2D eigenvalue weighted by Gasteiger charge is 2.21. The second-order valence-corrected chi connectivity index (χ2v) is 7.84. The number of benzene rings is 1. The molecule has 1 aliphatic rings. The number of rotatable bonds is 9. The van der Waals surface area contributed by atoms with Crippen LogP contribution >= 0.6 is 0 Å². The maximum atomic E-state index is 11.5. The number of ether oxygens (including phenoxy) is 2. The Morgan fingerprint density at radius 3 is 2.87 bits per heavy atom. The van der Waals surface area contributed by atoms with Gasteiger partial charge >= 0.3 is 5.97 Å². The first-order chi connectivity index (χ1) is 15.0. The second-order valence-electron chi connectivity index (χ2n) is 7.84. The third-order valence-corrected chi connectivity index (χ3v) is 5.46. The first-order valence-electron chi connectivity index (χ1n) is 10.9. The molecule has 2 aromatic rings. The molecule has 0 amide bonds. The fourth-order valence-corrected chi connectivity index (χ4v) is 3.93. The van der Waals surface area contributed by atoms with Crippen molar-refractivity contribution >= 4 is 11.8 Å². The highest BCUT2D eigenvalue weighted by atomic mass is 16.5. The van der Waals surface area contributed by atoms with Gasteiger partial charge in [-0.3, -0.25) is 4.79 Å². The lowest BCUT2D eigenvalue weighted by molar-refractivity contribution is -0.143. The Hall–Kier alpha value is -2.87. The van der Waals surface area contributed by atoms with Crippen LogP contribution in [0.25, 0.3) is 11.3 Å². The van der Waals surface area contributed by atoms with Crippen molar-refractivity contribution in [1.82, 2.24) is 15.1 Å². The van der Waals surface area contributed by atoms with E-state index in [0.717, 1.165) is 50.3 Å². The first kappa shape index (κ1) is 22.8. The fourth-order valence-electron chi connectivity index (χ4n) is 3.93. The first-order valence-corrected chi connectivity index (χ1v) is 10.9. The number of aromatic hydroxyl groups is 1. The average molecular weight is 429 g/mol. The molecule has 0 unspecified atom stereocenters. The van der Waals surface area contributed by atoms with Crippen molar-refractivity contribution in [3.8, 4) is 22.8 Å². The molecule has 31 heavy (non-hydrogen) atoms. The Kier molecular flexibility index (Phi) is 8.06. The quantitative estimate of drug-likeness (QED) is 0.587. The van der Waals surface area contributed by atoms with Crippen molar-refractivity contribution < 1.29 is 19.4 Å². The molecule has 3 rings (SSSR count). The molecule has 1 atom stereocenters. The summed E-state index contributed by atoms with van der Waals surface area (Å²) in [4.78, 5) is 13.9. The second kappa shape index (κ2) is 10.9. The summed E-state index contributed by atoms with van der Waals surface area (Å²) in [5.41, 5.74) is 2.21. The number of methoxy groups -OCH3 is 1. The van der Waals surface area contributed by atoms with E-state index in [2.05, 4.69) is 20.4 Å². The van der Waals surface area contributed by atoms with E-state index in [1.165, 1.54) is 0 Å². The highest BCUT2D eigenvalue weighted by molar-refractivity contribution is 5.71. The molecule has 1 saturated heterocycles. The number of phenolic OH excluding ortho intramolecular Hbond substituents is 1. The van der Waals surface area contributed by atoms with Crippen molar-refractivity contribution in [3.05, 3.63) is 29.8 Å². The number of anilines is 1. The molecule has 0 saturated carbocycles. The van der Waals surface area contributed by atoms with Crippen LogP contribution < -0.4 is 10.1 Å². The van der Waals surface area contributed by atoms with Gasteiger partial charge < -0.3 is 24.8 Å². The minimum atomic E-state index is -0.122. The zero-order valence-corrected chi connectivity index (χ0v) is 18.6. The molecule has 1 fully saturated rings. The maximum absolute atomic E-state index is 11.5. The SMILES string of the molecule is CCOC(=O)CCCN1CCC[C@@H](Nc2cc(C)c(-c3ccc(OC)cc3O)nn2)C1. The Labute approximate surface area is 183 Å². The largest absolute Gasteiger partial charge is 0.507 e. The molecule has 2 N–H and O–H groups in total. The van der Waals surface area contributed by atoms with Gasteiger partial charge in [0.15, 0.2) is 0 Å². The van der Waals surface area contributed by atoms with Crippen molar-refractivity contribution in [1.29, 1.82) is 0 Å². The summed E-state index contributed by atoms with van der Waals surface area (Å²) in [6, 6.07) is 7.40. The van der Waals surface area contributed by atoms with Gasteiger partial charge in [-0.15, -0.1) is 10.2 Å². The van der Waals surface area contributed by atoms with Gasteiger partial charge in [-0.2, -0.15) is 0 Å². The van der Waals surface area contributed by atoms with E-state index in [1.54, 1.807) is 25.3 Å². The van der Waals surface area contributed by atoms with Crippen LogP contribution in [0.1, 0.15) is 38.2 Å². The molecule has 1 aromatic carbocycles. The lowest BCUT2D eigenvalue weighted by Crippen LogP contribution is -2.42. The highest BCUT2D eigenvalue weighted by Crippen LogP contribution is 2.33. The van der Waals surface area contributed by atoms with Gasteiger partial charge in [-0.25, -0.2) is 0 Å². The Bertz CT molecular complexity index is 890. The number of aromatic nitrogens is 2. The van der Waals surface area contributed by atoms with Crippen molar-refractivity contribution in [2.45, 2.75) is 45.6 Å². The Balaban J connectivity index is 1.57. The van der Waals surface area contributed by atoms with E-state index in [1.807, 2.05) is 19.9 Å². The fraction of sp³-hybridized carbons (Fsp3) is 0.522. The molecule has 168 valence electrons. The standard InChI is InChI=1S/C23H32N4O4/c1-4-31-22(29)8-6-12-27-11-5-7-17(15-27)24-21-13-16(2)23(26-25-21)19-10-9-18(30-3)14-20(19)28/h9-10,13-14,17,28H,4-8,11-12,15H2,1-3H3,(H,24,25)/t17-/m1/s1. The molecule has 0 bridgehead atoms. The third kappa shape index (κ3) is 6.30. The monoisotopic (exact) mass is 428 g/mol. The summed E-state index contributed by atoms with van der Waals surface area (Å²) in [7, 11) is 1.56. The van der Waals surface area contributed by atoms with Crippen LogP contribution in [0.2, 0.25) is 0 Å². The molecule has 1 aromatic heterocycles. The topological polar surface area (TPSA) is 96.8 Å². The van der Waals surface area contributed by atoms with Crippen LogP contribution in [0.4, 0.5) is 5.82 Å². The van der Waals surface area contributed by atoms with Crippen LogP contribution in [0, 0.1) is 6.92 Å². The van der Waals surface area contributed by atoms with E-state index in [9.17, 15) is 9.90 Å². The number of piperidine rings is 1.